The van der Waals surface area contributed by atoms with Gasteiger partial charge < -0.3 is 24.6 Å². The van der Waals surface area contributed by atoms with Crippen LogP contribution in [0.25, 0.3) is 0 Å². The number of nitrogens with one attached hydrogen (secondary N) is 1. The Balaban J connectivity index is 1.63. The van der Waals surface area contributed by atoms with Gasteiger partial charge >= 0.3 is 0 Å². The maximum atomic E-state index is 12.5. The molecule has 1 saturated heterocycles. The molecule has 3 rings (SSSR count). The topological polar surface area (TPSA) is 94.9 Å². The zero-order valence-corrected chi connectivity index (χ0v) is 13.8. The highest BCUT2D eigenvalue weighted by Crippen LogP contribution is 2.34. The summed E-state index contributed by atoms with van der Waals surface area (Å²) in [5.41, 5.74) is 0.695. The second-order valence-electron chi connectivity index (χ2n) is 5.68. The molecule has 130 valence electrons. The van der Waals surface area contributed by atoms with E-state index in [2.05, 4.69) is 5.32 Å². The van der Waals surface area contributed by atoms with Crippen LogP contribution in [0.3, 0.4) is 0 Å². The maximum absolute atomic E-state index is 12.5. The first-order chi connectivity index (χ1) is 12.1. The zero-order valence-electron chi connectivity index (χ0n) is 13.8. The molecule has 2 aliphatic rings. The molecule has 1 fully saturated rings. The number of ether oxygens (including phenoxy) is 2. The van der Waals surface area contributed by atoms with Crippen molar-refractivity contribution in [3.63, 3.8) is 0 Å². The number of carbonyl (C=O) groups excluding carboxylic acids is 2. The van der Waals surface area contributed by atoms with Crippen molar-refractivity contribution in [1.82, 2.24) is 9.80 Å². The Labute approximate surface area is 145 Å². The number of carbonyl (C=O) groups is 2. The van der Waals surface area contributed by atoms with Crippen LogP contribution in [0.4, 0.5) is 5.69 Å². The van der Waals surface area contributed by atoms with Gasteiger partial charge in [-0.25, -0.2) is 0 Å². The van der Waals surface area contributed by atoms with Crippen LogP contribution in [-0.2, 0) is 9.59 Å². The average molecular weight is 342 g/mol. The second kappa shape index (κ2) is 7.13. The molecule has 0 spiro atoms. The van der Waals surface area contributed by atoms with Gasteiger partial charge in [-0.05, 0) is 12.1 Å². The van der Waals surface area contributed by atoms with Gasteiger partial charge in [0, 0.05) is 51.1 Å². The smallest absolute Gasteiger partial charge is 0.266 e. The Hall–Kier alpha value is -3.21. The van der Waals surface area contributed by atoms with E-state index < -0.39 is 0 Å². The molecule has 1 aromatic carbocycles. The zero-order chi connectivity index (χ0) is 17.8. The standard InChI is InChI=1S/C17H18N4O4/c1-12(22)20-4-6-21(7-5-20)17(23)13(9-18)10-19-14-2-3-15-16(8-14)25-11-24-15/h2-3,8,10,19H,4-7,11H2,1H3/b13-10-. The van der Waals surface area contributed by atoms with Crippen LogP contribution < -0.4 is 14.8 Å². The molecule has 0 aromatic heterocycles. The molecule has 1 N–H and O–H groups in total. The number of anilines is 1. The summed E-state index contributed by atoms with van der Waals surface area (Å²) in [5, 5.41) is 12.2. The van der Waals surface area contributed by atoms with Crippen LogP contribution in [0, 0.1) is 11.3 Å². The molecule has 8 nitrogen and oxygen atoms in total. The molecule has 25 heavy (non-hydrogen) atoms. The molecule has 0 bridgehead atoms. The highest BCUT2D eigenvalue weighted by molar-refractivity contribution is 5.97. The lowest BCUT2D eigenvalue weighted by atomic mass is 10.2. The first-order valence-electron chi connectivity index (χ1n) is 7.89. The van der Waals surface area contributed by atoms with E-state index in [1.54, 1.807) is 28.0 Å². The first kappa shape index (κ1) is 16.6. The lowest BCUT2D eigenvalue weighted by Crippen LogP contribution is -2.50. The van der Waals surface area contributed by atoms with E-state index in [-0.39, 0.29) is 24.2 Å². The van der Waals surface area contributed by atoms with Gasteiger partial charge in [0.2, 0.25) is 12.7 Å². The minimum absolute atomic E-state index is 0.00683. The van der Waals surface area contributed by atoms with Crippen LogP contribution in [0.2, 0.25) is 0 Å². The van der Waals surface area contributed by atoms with Crippen LogP contribution in [-0.4, -0.2) is 54.6 Å². The number of hydrogen-bond donors (Lipinski definition) is 1. The Morgan fingerprint density at radius 2 is 1.84 bits per heavy atom. The van der Waals surface area contributed by atoms with E-state index >= 15 is 0 Å². The van der Waals surface area contributed by atoms with Crippen molar-refractivity contribution in [2.75, 3.05) is 38.3 Å². The Morgan fingerprint density at radius 3 is 2.52 bits per heavy atom. The van der Waals surface area contributed by atoms with E-state index in [9.17, 15) is 14.9 Å². The summed E-state index contributed by atoms with van der Waals surface area (Å²) >= 11 is 0. The van der Waals surface area contributed by atoms with Gasteiger partial charge in [-0.3, -0.25) is 9.59 Å². The van der Waals surface area contributed by atoms with Crippen LogP contribution in [0.15, 0.2) is 30.0 Å². The number of nitriles is 1. The minimum atomic E-state index is -0.348. The fourth-order valence-electron chi connectivity index (χ4n) is 2.68. The summed E-state index contributed by atoms with van der Waals surface area (Å²) in [5.74, 6) is 0.921. The number of rotatable bonds is 3. The quantitative estimate of drug-likeness (QED) is 0.648. The molecule has 8 heteroatoms. The van der Waals surface area contributed by atoms with Crippen molar-refractivity contribution in [2.45, 2.75) is 6.92 Å². The Bertz CT molecular complexity index is 760. The highest BCUT2D eigenvalue weighted by Gasteiger charge is 2.24. The molecule has 0 saturated carbocycles. The molecule has 0 aliphatic carbocycles. The van der Waals surface area contributed by atoms with Crippen LogP contribution >= 0.6 is 0 Å². The number of benzene rings is 1. The highest BCUT2D eigenvalue weighted by atomic mass is 16.7. The van der Waals surface area contributed by atoms with Crippen LogP contribution in [0.5, 0.6) is 11.5 Å². The monoisotopic (exact) mass is 342 g/mol. The molecule has 0 radical (unpaired) electrons. The van der Waals surface area contributed by atoms with E-state index in [1.165, 1.54) is 13.1 Å². The molecule has 2 heterocycles. The first-order valence-corrected chi connectivity index (χ1v) is 7.89. The Kier molecular flexibility index (Phi) is 4.75. The average Bonchev–Trinajstić information content (AvgIpc) is 3.10. The van der Waals surface area contributed by atoms with Crippen molar-refractivity contribution in [3.05, 3.63) is 30.0 Å². The Morgan fingerprint density at radius 1 is 1.16 bits per heavy atom. The minimum Gasteiger partial charge on any atom is -0.454 e. The van der Waals surface area contributed by atoms with E-state index in [0.717, 1.165) is 0 Å². The van der Waals surface area contributed by atoms with Crippen LogP contribution in [0.1, 0.15) is 6.92 Å². The van der Waals surface area contributed by atoms with Gasteiger partial charge in [-0.2, -0.15) is 5.26 Å². The number of fused-ring (bicyclic) bond motifs is 1. The van der Waals surface area contributed by atoms with Gasteiger partial charge in [-0.15, -0.1) is 0 Å². The van der Waals surface area contributed by atoms with E-state index in [0.29, 0.717) is 43.4 Å². The van der Waals surface area contributed by atoms with E-state index in [1.807, 2.05) is 6.07 Å². The summed E-state index contributed by atoms with van der Waals surface area (Å²) in [6, 6.07) is 7.20. The molecule has 1 aromatic rings. The van der Waals surface area contributed by atoms with Gasteiger partial charge in [0.1, 0.15) is 11.6 Å². The fraction of sp³-hybridized carbons (Fsp3) is 0.353. The lowest BCUT2D eigenvalue weighted by Gasteiger charge is -2.34. The second-order valence-corrected chi connectivity index (χ2v) is 5.68. The summed E-state index contributed by atoms with van der Waals surface area (Å²) in [6.45, 7) is 3.49. The predicted octanol–water partition coefficient (Wildman–Crippen LogP) is 0.925. The number of piperazine rings is 1. The van der Waals surface area contributed by atoms with Gasteiger partial charge in [-0.1, -0.05) is 0 Å². The SMILES string of the molecule is CC(=O)N1CCN(C(=O)/C(C#N)=C\Nc2ccc3c(c2)OCO3)CC1. The molecule has 2 amide bonds. The lowest BCUT2D eigenvalue weighted by molar-refractivity contribution is -0.136. The maximum Gasteiger partial charge on any atom is 0.266 e. The normalized spacial score (nSPS) is 16.4. The number of nitrogens with zero attached hydrogens (tertiary/aromatic N) is 3. The summed E-state index contributed by atoms with van der Waals surface area (Å²) < 4.78 is 10.5. The third kappa shape index (κ3) is 3.66. The predicted molar refractivity (Wildman–Crippen MR) is 88.7 cm³/mol. The van der Waals surface area contributed by atoms with E-state index in [4.69, 9.17) is 9.47 Å². The molecule has 0 unspecified atom stereocenters. The molecular formula is C17H18N4O4. The molecule has 0 atom stereocenters. The van der Waals surface area contributed by atoms with Crippen molar-refractivity contribution in [3.8, 4) is 17.6 Å². The largest absolute Gasteiger partial charge is 0.454 e. The van der Waals surface area contributed by atoms with Crippen molar-refractivity contribution < 1.29 is 19.1 Å². The molecular weight excluding hydrogens is 324 g/mol. The van der Waals surface area contributed by atoms with Gasteiger partial charge in [0.05, 0.1) is 0 Å². The van der Waals surface area contributed by atoms with Crippen molar-refractivity contribution >= 4 is 17.5 Å². The van der Waals surface area contributed by atoms with Gasteiger partial charge in [0.25, 0.3) is 5.91 Å². The van der Waals surface area contributed by atoms with Crippen molar-refractivity contribution in [1.29, 1.82) is 5.26 Å². The fourth-order valence-corrected chi connectivity index (χ4v) is 2.68. The number of amides is 2. The third-order valence-corrected chi connectivity index (χ3v) is 4.12. The molecule has 2 aliphatic heterocycles. The number of hydrogen-bond acceptors (Lipinski definition) is 6. The summed E-state index contributed by atoms with van der Waals surface area (Å²) in [7, 11) is 0. The summed E-state index contributed by atoms with van der Waals surface area (Å²) in [6.07, 6.45) is 1.39. The summed E-state index contributed by atoms with van der Waals surface area (Å²) in [4.78, 5) is 27.1. The van der Waals surface area contributed by atoms with Crippen molar-refractivity contribution in [2.24, 2.45) is 0 Å². The van der Waals surface area contributed by atoms with Gasteiger partial charge in [0.15, 0.2) is 11.5 Å². The third-order valence-electron chi connectivity index (χ3n) is 4.12.